The molecule has 1 aromatic heterocycles. The largest absolute Gasteiger partial charge is 0.393 e. The summed E-state index contributed by atoms with van der Waals surface area (Å²) in [6.07, 6.45) is 4.75. The fourth-order valence-electron chi connectivity index (χ4n) is 2.20. The van der Waals surface area contributed by atoms with E-state index in [4.69, 9.17) is 0 Å². The maximum atomic E-state index is 9.64. The van der Waals surface area contributed by atoms with Crippen LogP contribution in [0.3, 0.4) is 0 Å². The lowest BCUT2D eigenvalue weighted by Gasteiger charge is -2.49. The molecule has 0 aliphatic heterocycles. The summed E-state index contributed by atoms with van der Waals surface area (Å²) in [6.45, 7) is 7.23. The molecule has 0 saturated heterocycles. The molecule has 1 aromatic rings. The van der Waals surface area contributed by atoms with Crippen molar-refractivity contribution in [1.82, 2.24) is 9.78 Å². The molecule has 1 N–H and O–H groups in total. The Morgan fingerprint density at radius 2 is 2.36 bits per heavy atom. The van der Waals surface area contributed by atoms with E-state index in [1.54, 1.807) is 0 Å². The predicted molar refractivity (Wildman–Crippen MR) is 55.0 cm³/mol. The predicted octanol–water partition coefficient (Wildman–Crippen LogP) is 1.78. The highest BCUT2D eigenvalue weighted by atomic mass is 16.3. The maximum Gasteiger partial charge on any atom is 0.0603 e. The van der Waals surface area contributed by atoms with Crippen molar-refractivity contribution in [3.63, 3.8) is 0 Å². The first kappa shape index (κ1) is 9.71. The lowest BCUT2D eigenvalue weighted by Crippen LogP contribution is -2.47. The van der Waals surface area contributed by atoms with Crippen LogP contribution in [0.1, 0.15) is 38.7 Å². The third-order valence-corrected chi connectivity index (χ3v) is 3.60. The second-order valence-electron chi connectivity index (χ2n) is 4.75. The van der Waals surface area contributed by atoms with Gasteiger partial charge in [-0.3, -0.25) is 4.68 Å². The van der Waals surface area contributed by atoms with Crippen LogP contribution < -0.4 is 0 Å². The smallest absolute Gasteiger partial charge is 0.0603 e. The number of aromatic nitrogens is 2. The van der Waals surface area contributed by atoms with Crippen LogP contribution in [0.2, 0.25) is 0 Å². The minimum atomic E-state index is -0.155. The van der Waals surface area contributed by atoms with E-state index < -0.39 is 0 Å². The first-order valence-electron chi connectivity index (χ1n) is 5.26. The molecule has 1 fully saturated rings. The summed E-state index contributed by atoms with van der Waals surface area (Å²) in [7, 11) is 0. The molecule has 0 spiro atoms. The van der Waals surface area contributed by atoms with E-state index in [9.17, 15) is 5.11 Å². The van der Waals surface area contributed by atoms with Gasteiger partial charge in [-0.1, -0.05) is 13.8 Å². The van der Waals surface area contributed by atoms with Crippen LogP contribution in [0.15, 0.2) is 12.4 Å². The van der Waals surface area contributed by atoms with Gasteiger partial charge in [0, 0.05) is 12.7 Å². The molecule has 2 atom stereocenters. The van der Waals surface area contributed by atoms with Crippen LogP contribution >= 0.6 is 0 Å². The zero-order valence-corrected chi connectivity index (χ0v) is 9.07. The molecular weight excluding hydrogens is 176 g/mol. The molecular formula is C11H18N2O. The zero-order chi connectivity index (χ0) is 10.3. The van der Waals surface area contributed by atoms with Gasteiger partial charge in [0.25, 0.3) is 0 Å². The van der Waals surface area contributed by atoms with E-state index in [1.807, 2.05) is 10.9 Å². The van der Waals surface area contributed by atoms with Crippen molar-refractivity contribution in [1.29, 1.82) is 0 Å². The quantitative estimate of drug-likeness (QED) is 0.779. The third-order valence-electron chi connectivity index (χ3n) is 3.60. The molecule has 0 radical (unpaired) electrons. The monoisotopic (exact) mass is 194 g/mol. The topological polar surface area (TPSA) is 38.0 Å². The van der Waals surface area contributed by atoms with Gasteiger partial charge in [0.05, 0.1) is 12.3 Å². The summed E-state index contributed by atoms with van der Waals surface area (Å²) < 4.78 is 1.94. The van der Waals surface area contributed by atoms with E-state index in [-0.39, 0.29) is 11.5 Å². The van der Waals surface area contributed by atoms with Gasteiger partial charge in [-0.15, -0.1) is 0 Å². The van der Waals surface area contributed by atoms with E-state index in [0.29, 0.717) is 5.92 Å². The van der Waals surface area contributed by atoms with Crippen LogP contribution in [0.4, 0.5) is 0 Å². The Hall–Kier alpha value is -0.830. The number of aryl methyl sites for hydroxylation is 1. The number of aliphatic hydroxyl groups is 1. The normalized spacial score (nSPS) is 30.0. The molecule has 0 amide bonds. The van der Waals surface area contributed by atoms with Crippen molar-refractivity contribution in [2.75, 3.05) is 0 Å². The molecule has 3 nitrogen and oxygen atoms in total. The summed E-state index contributed by atoms with van der Waals surface area (Å²) >= 11 is 0. The van der Waals surface area contributed by atoms with Crippen LogP contribution in [0, 0.1) is 5.41 Å². The van der Waals surface area contributed by atoms with Crippen molar-refractivity contribution in [2.45, 2.75) is 45.8 Å². The fourth-order valence-corrected chi connectivity index (χ4v) is 2.20. The number of hydrogen-bond donors (Lipinski definition) is 1. The first-order valence-corrected chi connectivity index (χ1v) is 5.26. The van der Waals surface area contributed by atoms with Crippen LogP contribution in [-0.2, 0) is 6.54 Å². The van der Waals surface area contributed by atoms with Crippen molar-refractivity contribution in [3.8, 4) is 0 Å². The Kier molecular flexibility index (Phi) is 2.14. The van der Waals surface area contributed by atoms with Gasteiger partial charge < -0.3 is 5.11 Å². The van der Waals surface area contributed by atoms with Gasteiger partial charge in [-0.05, 0) is 30.2 Å². The third kappa shape index (κ3) is 1.27. The summed E-state index contributed by atoms with van der Waals surface area (Å²) in [5.74, 6) is 0.470. The van der Waals surface area contributed by atoms with Crippen molar-refractivity contribution >= 4 is 0 Å². The van der Waals surface area contributed by atoms with Crippen LogP contribution in [-0.4, -0.2) is 21.0 Å². The van der Waals surface area contributed by atoms with Crippen molar-refractivity contribution in [3.05, 3.63) is 18.0 Å². The highest BCUT2D eigenvalue weighted by Crippen LogP contribution is 2.52. The lowest BCUT2D eigenvalue weighted by molar-refractivity contribution is -0.0625. The SMILES string of the molecule is CCn1cc(C2CC(O)C2(C)C)cn1. The number of aliphatic hydroxyl groups excluding tert-OH is 1. The Balaban J connectivity index is 2.17. The molecule has 3 heteroatoms. The summed E-state index contributed by atoms with van der Waals surface area (Å²) in [5, 5.41) is 13.9. The van der Waals surface area contributed by atoms with E-state index in [0.717, 1.165) is 13.0 Å². The number of rotatable bonds is 2. The van der Waals surface area contributed by atoms with Crippen molar-refractivity contribution in [2.24, 2.45) is 5.41 Å². The zero-order valence-electron chi connectivity index (χ0n) is 9.07. The van der Waals surface area contributed by atoms with Crippen LogP contribution in [0.25, 0.3) is 0 Å². The maximum absolute atomic E-state index is 9.64. The Bertz CT molecular complexity index is 330. The molecule has 2 unspecified atom stereocenters. The van der Waals surface area contributed by atoms with Crippen molar-refractivity contribution < 1.29 is 5.11 Å². The fraction of sp³-hybridized carbons (Fsp3) is 0.727. The molecule has 1 saturated carbocycles. The van der Waals surface area contributed by atoms with E-state index >= 15 is 0 Å². The molecule has 0 bridgehead atoms. The first-order chi connectivity index (χ1) is 6.55. The molecule has 78 valence electrons. The highest BCUT2D eigenvalue weighted by molar-refractivity contribution is 5.21. The van der Waals surface area contributed by atoms with Gasteiger partial charge >= 0.3 is 0 Å². The Morgan fingerprint density at radius 1 is 1.64 bits per heavy atom. The Morgan fingerprint density at radius 3 is 2.79 bits per heavy atom. The minimum absolute atomic E-state index is 0.0155. The molecule has 1 heterocycles. The van der Waals surface area contributed by atoms with Gasteiger partial charge in [0.15, 0.2) is 0 Å². The number of nitrogens with zero attached hydrogens (tertiary/aromatic N) is 2. The Labute approximate surface area is 84.7 Å². The lowest BCUT2D eigenvalue weighted by atomic mass is 9.58. The average molecular weight is 194 g/mol. The summed E-state index contributed by atoms with van der Waals surface area (Å²) in [6, 6.07) is 0. The molecule has 2 rings (SSSR count). The minimum Gasteiger partial charge on any atom is -0.393 e. The second-order valence-corrected chi connectivity index (χ2v) is 4.75. The summed E-state index contributed by atoms with van der Waals surface area (Å²) in [5.41, 5.74) is 1.28. The van der Waals surface area contributed by atoms with Gasteiger partial charge in [0.1, 0.15) is 0 Å². The highest BCUT2D eigenvalue weighted by Gasteiger charge is 2.48. The summed E-state index contributed by atoms with van der Waals surface area (Å²) in [4.78, 5) is 0. The van der Waals surface area contributed by atoms with Gasteiger partial charge in [0.2, 0.25) is 0 Å². The molecule has 14 heavy (non-hydrogen) atoms. The molecule has 1 aliphatic carbocycles. The van der Waals surface area contributed by atoms with E-state index in [1.165, 1.54) is 5.56 Å². The number of hydrogen-bond acceptors (Lipinski definition) is 2. The molecule has 1 aliphatic rings. The second kappa shape index (κ2) is 3.09. The van der Waals surface area contributed by atoms with Gasteiger partial charge in [-0.25, -0.2) is 0 Å². The van der Waals surface area contributed by atoms with Gasteiger partial charge in [-0.2, -0.15) is 5.10 Å². The molecule has 0 aromatic carbocycles. The average Bonchev–Trinajstić information content (AvgIpc) is 2.61. The van der Waals surface area contributed by atoms with E-state index in [2.05, 4.69) is 32.1 Å². The van der Waals surface area contributed by atoms with Crippen LogP contribution in [0.5, 0.6) is 0 Å². The standard InChI is InChI=1S/C11H18N2O/c1-4-13-7-8(6-12-13)9-5-10(14)11(9,2)3/h6-7,9-10,14H,4-5H2,1-3H3.